The van der Waals surface area contributed by atoms with Crippen LogP contribution in [0, 0.1) is 6.92 Å². The largest absolute Gasteiger partial charge is 0.369 e. The van der Waals surface area contributed by atoms with Crippen molar-refractivity contribution in [2.24, 2.45) is 4.99 Å². The Morgan fingerprint density at radius 3 is 2.52 bits per heavy atom. The number of halogens is 1. The number of aryl methyl sites for hydroxylation is 1. The molecule has 3 heterocycles. The van der Waals surface area contributed by atoms with Crippen LogP contribution in [0.5, 0.6) is 0 Å². The molecule has 1 aromatic carbocycles. The van der Waals surface area contributed by atoms with Crippen LogP contribution in [0.15, 0.2) is 47.6 Å². The van der Waals surface area contributed by atoms with Gasteiger partial charge in [-0.3, -0.25) is 0 Å². The van der Waals surface area contributed by atoms with E-state index in [1.807, 2.05) is 6.20 Å². The minimum atomic E-state index is 0. The second kappa shape index (κ2) is 11.5. The third kappa shape index (κ3) is 6.48. The smallest absolute Gasteiger partial charge is 0.191 e. The van der Waals surface area contributed by atoms with Crippen LogP contribution in [0.2, 0.25) is 0 Å². The summed E-state index contributed by atoms with van der Waals surface area (Å²) in [6.07, 6.45) is 5.63. The van der Waals surface area contributed by atoms with E-state index >= 15 is 0 Å². The minimum absolute atomic E-state index is 0. The van der Waals surface area contributed by atoms with Gasteiger partial charge in [-0.25, -0.2) is 9.98 Å². The van der Waals surface area contributed by atoms with Gasteiger partial charge in [-0.1, -0.05) is 23.8 Å². The second-order valence-electron chi connectivity index (χ2n) is 8.33. The molecule has 168 valence electrons. The number of hydrogen-bond donors (Lipinski definition) is 2. The number of guanidine groups is 1. The number of benzene rings is 1. The highest BCUT2D eigenvalue weighted by molar-refractivity contribution is 14.0. The average molecular weight is 534 g/mol. The molecule has 31 heavy (non-hydrogen) atoms. The SMILES string of the molecule is CCNC(=NCc1ccc(N2CCCC2)nc1)NC1CCN(c2ccc(C)cc2)C1.I. The van der Waals surface area contributed by atoms with Crippen molar-refractivity contribution in [3.63, 3.8) is 0 Å². The van der Waals surface area contributed by atoms with Crippen molar-refractivity contribution in [3.05, 3.63) is 53.7 Å². The van der Waals surface area contributed by atoms with E-state index < -0.39 is 0 Å². The fraction of sp³-hybridized carbons (Fsp3) is 0.500. The number of hydrogen-bond acceptors (Lipinski definition) is 4. The van der Waals surface area contributed by atoms with Gasteiger partial charge < -0.3 is 20.4 Å². The van der Waals surface area contributed by atoms with E-state index in [2.05, 4.69) is 75.7 Å². The van der Waals surface area contributed by atoms with E-state index in [0.29, 0.717) is 12.6 Å². The van der Waals surface area contributed by atoms with Crippen molar-refractivity contribution in [1.82, 2.24) is 15.6 Å². The first-order valence-corrected chi connectivity index (χ1v) is 11.3. The highest BCUT2D eigenvalue weighted by atomic mass is 127. The zero-order valence-corrected chi connectivity index (χ0v) is 21.0. The van der Waals surface area contributed by atoms with Gasteiger partial charge in [0.2, 0.25) is 0 Å². The van der Waals surface area contributed by atoms with Gasteiger partial charge in [-0.2, -0.15) is 0 Å². The molecule has 1 unspecified atom stereocenters. The molecule has 0 saturated carbocycles. The number of rotatable bonds is 6. The van der Waals surface area contributed by atoms with Crippen molar-refractivity contribution in [2.45, 2.75) is 45.7 Å². The summed E-state index contributed by atoms with van der Waals surface area (Å²) < 4.78 is 0. The zero-order valence-electron chi connectivity index (χ0n) is 18.7. The molecule has 1 aromatic heterocycles. The number of nitrogens with zero attached hydrogens (tertiary/aromatic N) is 4. The van der Waals surface area contributed by atoms with Gasteiger partial charge in [0, 0.05) is 50.6 Å². The fourth-order valence-electron chi connectivity index (χ4n) is 4.20. The van der Waals surface area contributed by atoms with Gasteiger partial charge in [0.25, 0.3) is 0 Å². The van der Waals surface area contributed by atoms with Gasteiger partial charge in [0.15, 0.2) is 5.96 Å². The van der Waals surface area contributed by atoms with Crippen LogP contribution >= 0.6 is 24.0 Å². The highest BCUT2D eigenvalue weighted by Gasteiger charge is 2.23. The van der Waals surface area contributed by atoms with E-state index in [1.165, 1.54) is 24.1 Å². The molecule has 2 aliphatic rings. The van der Waals surface area contributed by atoms with Gasteiger partial charge in [0.05, 0.1) is 6.54 Å². The summed E-state index contributed by atoms with van der Waals surface area (Å²) in [5.41, 5.74) is 3.75. The molecule has 0 amide bonds. The van der Waals surface area contributed by atoms with Crippen LogP contribution in [0.25, 0.3) is 0 Å². The van der Waals surface area contributed by atoms with Crippen LogP contribution in [-0.4, -0.2) is 49.7 Å². The average Bonchev–Trinajstić information content (AvgIpc) is 3.46. The molecule has 2 saturated heterocycles. The Bertz CT molecular complexity index is 830. The molecule has 2 fully saturated rings. The number of pyridine rings is 1. The monoisotopic (exact) mass is 534 g/mol. The molecule has 0 spiro atoms. The maximum absolute atomic E-state index is 4.81. The summed E-state index contributed by atoms with van der Waals surface area (Å²) in [5, 5.41) is 7.01. The minimum Gasteiger partial charge on any atom is -0.369 e. The summed E-state index contributed by atoms with van der Waals surface area (Å²) >= 11 is 0. The van der Waals surface area contributed by atoms with Crippen molar-refractivity contribution >= 4 is 41.4 Å². The summed E-state index contributed by atoms with van der Waals surface area (Å²) in [4.78, 5) is 14.3. The molecular formula is C24H35IN6. The van der Waals surface area contributed by atoms with E-state index in [0.717, 1.165) is 56.5 Å². The van der Waals surface area contributed by atoms with Crippen molar-refractivity contribution in [2.75, 3.05) is 42.5 Å². The Kier molecular flexibility index (Phi) is 8.80. The Morgan fingerprint density at radius 2 is 1.84 bits per heavy atom. The van der Waals surface area contributed by atoms with Gasteiger partial charge >= 0.3 is 0 Å². The van der Waals surface area contributed by atoms with Gasteiger partial charge in [-0.15, -0.1) is 24.0 Å². The maximum Gasteiger partial charge on any atom is 0.191 e. The number of aliphatic imine (C=N–C) groups is 1. The fourth-order valence-corrected chi connectivity index (χ4v) is 4.20. The molecule has 2 aliphatic heterocycles. The lowest BCUT2D eigenvalue weighted by atomic mass is 10.2. The zero-order chi connectivity index (χ0) is 20.8. The van der Waals surface area contributed by atoms with Crippen LogP contribution in [-0.2, 0) is 6.54 Å². The van der Waals surface area contributed by atoms with E-state index in [-0.39, 0.29) is 24.0 Å². The first-order valence-electron chi connectivity index (χ1n) is 11.3. The Hall–Kier alpha value is -2.03. The van der Waals surface area contributed by atoms with E-state index in [1.54, 1.807) is 0 Å². The Balaban J connectivity index is 0.00000272. The van der Waals surface area contributed by atoms with E-state index in [4.69, 9.17) is 4.99 Å². The summed E-state index contributed by atoms with van der Waals surface area (Å²) in [6, 6.07) is 13.5. The van der Waals surface area contributed by atoms with Crippen molar-refractivity contribution in [3.8, 4) is 0 Å². The van der Waals surface area contributed by atoms with Crippen LogP contribution in [0.4, 0.5) is 11.5 Å². The normalized spacial score (nSPS) is 18.8. The molecule has 1 atom stereocenters. The third-order valence-corrected chi connectivity index (χ3v) is 5.93. The molecule has 0 bridgehead atoms. The van der Waals surface area contributed by atoms with Gasteiger partial charge in [0.1, 0.15) is 5.82 Å². The summed E-state index contributed by atoms with van der Waals surface area (Å²) in [7, 11) is 0. The Morgan fingerprint density at radius 1 is 1.06 bits per heavy atom. The number of anilines is 2. The van der Waals surface area contributed by atoms with Gasteiger partial charge in [-0.05, 0) is 56.9 Å². The van der Waals surface area contributed by atoms with E-state index in [9.17, 15) is 0 Å². The lowest BCUT2D eigenvalue weighted by Crippen LogP contribution is -2.44. The molecule has 2 aromatic rings. The quantitative estimate of drug-likeness (QED) is 0.334. The summed E-state index contributed by atoms with van der Waals surface area (Å²) in [6.45, 7) is 10.1. The summed E-state index contributed by atoms with van der Waals surface area (Å²) in [5.74, 6) is 1.98. The number of nitrogens with one attached hydrogen (secondary N) is 2. The predicted molar refractivity (Wildman–Crippen MR) is 141 cm³/mol. The first kappa shape index (κ1) is 23.6. The van der Waals surface area contributed by atoms with Crippen LogP contribution in [0.3, 0.4) is 0 Å². The molecule has 2 N–H and O–H groups in total. The molecule has 6 nitrogen and oxygen atoms in total. The van der Waals surface area contributed by atoms with Crippen molar-refractivity contribution in [1.29, 1.82) is 0 Å². The Labute approximate surface area is 203 Å². The van der Waals surface area contributed by atoms with Crippen LogP contribution in [0.1, 0.15) is 37.3 Å². The highest BCUT2D eigenvalue weighted by Crippen LogP contribution is 2.21. The standard InChI is InChI=1S/C24H34N6.HI/c1-3-25-24(27-17-20-8-11-23(26-16-20)29-13-4-5-14-29)28-21-12-15-30(18-21)22-9-6-19(2)7-10-22;/h6-11,16,21H,3-5,12-15,17-18H2,1-2H3,(H2,25,27,28);1H. The molecule has 4 rings (SSSR count). The first-order chi connectivity index (χ1) is 14.7. The van der Waals surface area contributed by atoms with Crippen molar-refractivity contribution < 1.29 is 0 Å². The lowest BCUT2D eigenvalue weighted by molar-refractivity contribution is 0.649. The molecule has 7 heteroatoms. The molecular weight excluding hydrogens is 499 g/mol. The molecule has 0 aliphatic carbocycles. The van der Waals surface area contributed by atoms with Crippen LogP contribution < -0.4 is 20.4 Å². The number of aromatic nitrogens is 1. The maximum atomic E-state index is 4.81. The lowest BCUT2D eigenvalue weighted by Gasteiger charge is -2.20. The molecule has 0 radical (unpaired) electrons. The topological polar surface area (TPSA) is 55.8 Å². The predicted octanol–water partition coefficient (Wildman–Crippen LogP) is 3.94. The second-order valence-corrected chi connectivity index (χ2v) is 8.33. The third-order valence-electron chi connectivity index (χ3n) is 5.93.